The van der Waals surface area contributed by atoms with Gasteiger partial charge in [-0.05, 0) is 75.0 Å². The SMILES string of the molecule is CCCCCC1(OC(=O)C2CCCCC2)CCC(c2cc(F)c(F)c(F)c2)CC1. The number of unbranched alkanes of at least 4 members (excludes halogenated alkanes) is 2. The number of halogens is 3. The molecule has 162 valence electrons. The summed E-state index contributed by atoms with van der Waals surface area (Å²) in [5.74, 6) is -3.76. The summed E-state index contributed by atoms with van der Waals surface area (Å²) < 4.78 is 46.7. The molecule has 2 aliphatic rings. The molecule has 0 saturated heterocycles. The molecule has 0 N–H and O–H groups in total. The molecular formula is C24H33F3O2. The van der Waals surface area contributed by atoms with Gasteiger partial charge in [-0.2, -0.15) is 0 Å². The Hall–Kier alpha value is -1.52. The van der Waals surface area contributed by atoms with E-state index in [1.54, 1.807) is 0 Å². The van der Waals surface area contributed by atoms with Gasteiger partial charge < -0.3 is 4.74 Å². The van der Waals surface area contributed by atoms with Crippen molar-refractivity contribution >= 4 is 5.97 Å². The van der Waals surface area contributed by atoms with Crippen LogP contribution in [0.2, 0.25) is 0 Å². The van der Waals surface area contributed by atoms with Gasteiger partial charge in [-0.1, -0.05) is 39.0 Å². The van der Waals surface area contributed by atoms with Gasteiger partial charge in [0.1, 0.15) is 5.60 Å². The van der Waals surface area contributed by atoms with Crippen molar-refractivity contribution in [2.24, 2.45) is 5.92 Å². The summed E-state index contributed by atoms with van der Waals surface area (Å²) in [5.41, 5.74) is 0.0410. The lowest BCUT2D eigenvalue weighted by Gasteiger charge is -2.41. The Kier molecular flexibility index (Phi) is 7.64. The van der Waals surface area contributed by atoms with Crippen LogP contribution < -0.4 is 0 Å². The lowest BCUT2D eigenvalue weighted by atomic mass is 9.73. The van der Waals surface area contributed by atoms with E-state index in [0.29, 0.717) is 31.2 Å². The van der Waals surface area contributed by atoms with Crippen LogP contribution in [0.4, 0.5) is 13.2 Å². The van der Waals surface area contributed by atoms with Crippen LogP contribution >= 0.6 is 0 Å². The number of ether oxygens (including phenoxy) is 1. The Morgan fingerprint density at radius 2 is 1.62 bits per heavy atom. The molecule has 2 nitrogen and oxygen atoms in total. The summed E-state index contributed by atoms with van der Waals surface area (Å²) in [5, 5.41) is 0. The van der Waals surface area contributed by atoms with Crippen molar-refractivity contribution in [2.45, 2.75) is 102 Å². The second-order valence-electron chi connectivity index (χ2n) is 8.97. The summed E-state index contributed by atoms with van der Waals surface area (Å²) in [4.78, 5) is 12.8. The van der Waals surface area contributed by atoms with Crippen molar-refractivity contribution in [3.8, 4) is 0 Å². The fraction of sp³-hybridized carbons (Fsp3) is 0.708. The van der Waals surface area contributed by atoms with Crippen LogP contribution in [0.5, 0.6) is 0 Å². The number of carbonyl (C=O) groups is 1. The maximum Gasteiger partial charge on any atom is 0.309 e. The van der Waals surface area contributed by atoms with Gasteiger partial charge in [-0.15, -0.1) is 0 Å². The van der Waals surface area contributed by atoms with E-state index in [1.807, 2.05) is 0 Å². The molecule has 1 aromatic carbocycles. The highest BCUT2D eigenvalue weighted by Crippen LogP contribution is 2.44. The number of benzene rings is 1. The third-order valence-corrected chi connectivity index (χ3v) is 6.87. The lowest BCUT2D eigenvalue weighted by Crippen LogP contribution is -2.40. The van der Waals surface area contributed by atoms with E-state index in [9.17, 15) is 18.0 Å². The van der Waals surface area contributed by atoms with Crippen LogP contribution in [0.1, 0.15) is 102 Å². The topological polar surface area (TPSA) is 26.3 Å². The Morgan fingerprint density at radius 3 is 2.21 bits per heavy atom. The third kappa shape index (κ3) is 5.55. The van der Waals surface area contributed by atoms with E-state index < -0.39 is 23.1 Å². The van der Waals surface area contributed by atoms with Gasteiger partial charge >= 0.3 is 5.97 Å². The number of hydrogen-bond donors (Lipinski definition) is 0. The average molecular weight is 411 g/mol. The number of hydrogen-bond acceptors (Lipinski definition) is 2. The highest BCUT2D eigenvalue weighted by atomic mass is 19.2. The van der Waals surface area contributed by atoms with Gasteiger partial charge in [0.05, 0.1) is 5.92 Å². The minimum atomic E-state index is -1.42. The van der Waals surface area contributed by atoms with Crippen LogP contribution in [0.3, 0.4) is 0 Å². The van der Waals surface area contributed by atoms with E-state index in [4.69, 9.17) is 4.74 Å². The molecule has 0 aliphatic heterocycles. The first-order valence-electron chi connectivity index (χ1n) is 11.3. The molecule has 0 bridgehead atoms. The van der Waals surface area contributed by atoms with Crippen LogP contribution in [0.15, 0.2) is 12.1 Å². The van der Waals surface area contributed by atoms with Crippen molar-refractivity contribution in [3.05, 3.63) is 35.1 Å². The molecule has 1 aromatic rings. The molecular weight excluding hydrogens is 377 g/mol. The highest BCUT2D eigenvalue weighted by molar-refractivity contribution is 5.73. The van der Waals surface area contributed by atoms with Crippen LogP contribution in [-0.4, -0.2) is 11.6 Å². The number of esters is 1. The second kappa shape index (κ2) is 9.99. The first-order valence-corrected chi connectivity index (χ1v) is 11.3. The molecule has 0 amide bonds. The smallest absolute Gasteiger partial charge is 0.309 e. The van der Waals surface area contributed by atoms with Crippen molar-refractivity contribution in [1.29, 1.82) is 0 Å². The van der Waals surface area contributed by atoms with Gasteiger partial charge in [0.25, 0.3) is 0 Å². The van der Waals surface area contributed by atoms with Crippen LogP contribution in [-0.2, 0) is 9.53 Å². The van der Waals surface area contributed by atoms with Gasteiger partial charge in [0.2, 0.25) is 0 Å². The van der Waals surface area contributed by atoms with Gasteiger partial charge in [0.15, 0.2) is 17.5 Å². The first-order chi connectivity index (χ1) is 13.9. The normalized spacial score (nSPS) is 25.7. The summed E-state index contributed by atoms with van der Waals surface area (Å²) in [6.45, 7) is 2.15. The Balaban J connectivity index is 1.67. The van der Waals surface area contributed by atoms with Crippen molar-refractivity contribution in [2.75, 3.05) is 0 Å². The van der Waals surface area contributed by atoms with Gasteiger partial charge in [-0.3, -0.25) is 4.79 Å². The lowest BCUT2D eigenvalue weighted by molar-refractivity contribution is -0.171. The Bertz CT molecular complexity index is 666. The predicted molar refractivity (Wildman–Crippen MR) is 107 cm³/mol. The highest BCUT2D eigenvalue weighted by Gasteiger charge is 2.40. The molecule has 0 atom stereocenters. The van der Waals surface area contributed by atoms with Crippen molar-refractivity contribution < 1.29 is 22.7 Å². The fourth-order valence-electron chi connectivity index (χ4n) is 5.02. The van der Waals surface area contributed by atoms with Crippen LogP contribution in [0, 0.1) is 23.4 Å². The van der Waals surface area contributed by atoms with Crippen molar-refractivity contribution in [3.63, 3.8) is 0 Å². The minimum absolute atomic E-state index is 0.0183. The molecule has 5 heteroatoms. The molecule has 3 rings (SSSR count). The molecule has 2 fully saturated rings. The van der Waals surface area contributed by atoms with Crippen molar-refractivity contribution in [1.82, 2.24) is 0 Å². The van der Waals surface area contributed by atoms with E-state index >= 15 is 0 Å². The zero-order chi connectivity index (χ0) is 20.9. The second-order valence-corrected chi connectivity index (χ2v) is 8.97. The third-order valence-electron chi connectivity index (χ3n) is 6.87. The van der Waals surface area contributed by atoms with E-state index in [1.165, 1.54) is 6.42 Å². The number of rotatable bonds is 7. The Morgan fingerprint density at radius 1 is 1.00 bits per heavy atom. The summed E-state index contributed by atoms with van der Waals surface area (Å²) in [6, 6.07) is 2.22. The molecule has 0 aromatic heterocycles. The minimum Gasteiger partial charge on any atom is -0.459 e. The largest absolute Gasteiger partial charge is 0.459 e. The molecule has 0 radical (unpaired) electrons. The zero-order valence-corrected chi connectivity index (χ0v) is 17.5. The fourth-order valence-corrected chi connectivity index (χ4v) is 5.02. The molecule has 0 unspecified atom stereocenters. The molecule has 2 saturated carbocycles. The first kappa shape index (κ1) is 22.2. The summed E-state index contributed by atoms with van der Waals surface area (Å²) in [6.07, 6.45) is 12.0. The van der Waals surface area contributed by atoms with Crippen LogP contribution in [0.25, 0.3) is 0 Å². The van der Waals surface area contributed by atoms with E-state index in [-0.39, 0.29) is 17.8 Å². The monoisotopic (exact) mass is 410 g/mol. The maximum atomic E-state index is 13.6. The summed E-state index contributed by atoms with van der Waals surface area (Å²) >= 11 is 0. The van der Waals surface area contributed by atoms with E-state index in [0.717, 1.165) is 63.5 Å². The van der Waals surface area contributed by atoms with E-state index in [2.05, 4.69) is 6.92 Å². The molecule has 2 aliphatic carbocycles. The van der Waals surface area contributed by atoms with Gasteiger partial charge in [-0.25, -0.2) is 13.2 Å². The Labute approximate surface area is 172 Å². The molecule has 0 heterocycles. The molecule has 29 heavy (non-hydrogen) atoms. The average Bonchev–Trinajstić information content (AvgIpc) is 2.73. The summed E-state index contributed by atoms with van der Waals surface area (Å²) in [7, 11) is 0. The van der Waals surface area contributed by atoms with Gasteiger partial charge in [0, 0.05) is 0 Å². The number of carbonyl (C=O) groups excluding carboxylic acids is 1. The maximum absolute atomic E-state index is 13.6. The predicted octanol–water partition coefficient (Wildman–Crippen LogP) is 7.20. The molecule has 0 spiro atoms. The standard InChI is InChI=1S/C24H33F3O2/c1-2-3-7-12-24(29-23(28)18-8-5-4-6-9-18)13-10-17(11-14-24)19-15-20(25)22(27)21(26)16-19/h15-18H,2-14H2,1H3. The quantitative estimate of drug-likeness (QED) is 0.270. The zero-order valence-electron chi connectivity index (χ0n) is 17.5.